The maximum Gasteiger partial charge on any atom is 0.422 e. The van der Waals surface area contributed by atoms with Crippen molar-refractivity contribution in [3.8, 4) is 5.88 Å². The number of hydrogen-bond donors (Lipinski definition) is 2. The third kappa shape index (κ3) is 8.90. The van der Waals surface area contributed by atoms with Gasteiger partial charge in [-0.2, -0.15) is 13.2 Å². The number of nitrogens with one attached hydrogen (secondary N) is 2. The largest absolute Gasteiger partial charge is 0.468 e. The minimum absolute atomic E-state index is 0.0527. The van der Waals surface area contributed by atoms with E-state index in [-0.39, 0.29) is 5.88 Å². The Morgan fingerprint density at radius 1 is 1.26 bits per heavy atom. The second-order valence-corrected chi connectivity index (χ2v) is 4.88. The van der Waals surface area contributed by atoms with Crippen LogP contribution in [0.4, 0.5) is 13.2 Å². The Kier molecular flexibility index (Phi) is 8.21. The lowest BCUT2D eigenvalue weighted by atomic mass is 10.3. The minimum Gasteiger partial charge on any atom is -0.468 e. The van der Waals surface area contributed by atoms with Gasteiger partial charge in [-0.3, -0.25) is 0 Å². The maximum atomic E-state index is 12.0. The molecule has 130 valence electrons. The van der Waals surface area contributed by atoms with Gasteiger partial charge in [-0.25, -0.2) is 9.98 Å². The predicted molar refractivity (Wildman–Crippen MR) is 83.5 cm³/mol. The lowest BCUT2D eigenvalue weighted by molar-refractivity contribution is -0.154. The van der Waals surface area contributed by atoms with Crippen molar-refractivity contribution in [2.24, 2.45) is 4.99 Å². The van der Waals surface area contributed by atoms with E-state index >= 15 is 0 Å². The molecule has 2 N–H and O–H groups in total. The molecule has 0 bridgehead atoms. The van der Waals surface area contributed by atoms with E-state index in [4.69, 9.17) is 0 Å². The van der Waals surface area contributed by atoms with Crippen LogP contribution in [0.3, 0.4) is 0 Å². The first-order chi connectivity index (χ1) is 10.9. The average Bonchev–Trinajstić information content (AvgIpc) is 2.51. The van der Waals surface area contributed by atoms with Crippen molar-refractivity contribution in [2.45, 2.75) is 39.4 Å². The van der Waals surface area contributed by atoms with Crippen LogP contribution >= 0.6 is 0 Å². The van der Waals surface area contributed by atoms with E-state index in [0.29, 0.717) is 12.5 Å². The van der Waals surface area contributed by atoms with Crippen molar-refractivity contribution in [1.29, 1.82) is 0 Å². The van der Waals surface area contributed by atoms with Gasteiger partial charge in [0.2, 0.25) is 5.88 Å². The van der Waals surface area contributed by atoms with E-state index in [1.54, 1.807) is 6.07 Å². The first-order valence-electron chi connectivity index (χ1n) is 7.61. The third-order valence-corrected chi connectivity index (χ3v) is 2.77. The standard InChI is InChI=1S/C15H23F3N4O/c1-3-5-8-20-14(19-4-2)22-10-12-6-7-13(21-9-12)23-11-15(16,17)18/h6-7,9H,3-5,8,10-11H2,1-2H3,(H2,19,20,22). The first kappa shape index (κ1) is 19.1. The Morgan fingerprint density at radius 3 is 2.61 bits per heavy atom. The molecule has 0 aromatic carbocycles. The fraction of sp³-hybridized carbons (Fsp3) is 0.600. The SMILES string of the molecule is CCCCNC(=NCc1ccc(OCC(F)(F)F)nc1)NCC. The number of ether oxygens (including phenoxy) is 1. The summed E-state index contributed by atoms with van der Waals surface area (Å²) in [7, 11) is 0. The summed E-state index contributed by atoms with van der Waals surface area (Å²) in [5.41, 5.74) is 0.789. The molecule has 0 aliphatic carbocycles. The summed E-state index contributed by atoms with van der Waals surface area (Å²) in [6.07, 6.45) is -0.757. The van der Waals surface area contributed by atoms with Crippen molar-refractivity contribution >= 4 is 5.96 Å². The van der Waals surface area contributed by atoms with Crippen molar-refractivity contribution in [2.75, 3.05) is 19.7 Å². The van der Waals surface area contributed by atoms with E-state index in [1.807, 2.05) is 6.92 Å². The molecule has 0 saturated heterocycles. The minimum atomic E-state index is -4.37. The highest BCUT2D eigenvalue weighted by Crippen LogP contribution is 2.17. The van der Waals surface area contributed by atoms with E-state index in [9.17, 15) is 13.2 Å². The van der Waals surface area contributed by atoms with Crippen LogP contribution in [0.5, 0.6) is 5.88 Å². The summed E-state index contributed by atoms with van der Waals surface area (Å²) in [6.45, 7) is 4.72. The molecule has 0 aliphatic rings. The van der Waals surface area contributed by atoms with Crippen molar-refractivity contribution in [3.05, 3.63) is 23.9 Å². The van der Waals surface area contributed by atoms with Crippen LogP contribution in [0.2, 0.25) is 0 Å². The number of nitrogens with zero attached hydrogens (tertiary/aromatic N) is 2. The van der Waals surface area contributed by atoms with Gasteiger partial charge < -0.3 is 15.4 Å². The number of alkyl halides is 3. The summed E-state index contributed by atoms with van der Waals surface area (Å²) < 4.78 is 40.7. The molecule has 1 aromatic rings. The third-order valence-electron chi connectivity index (χ3n) is 2.77. The van der Waals surface area contributed by atoms with E-state index in [2.05, 4.69) is 32.3 Å². The molecule has 0 aliphatic heterocycles. The van der Waals surface area contributed by atoms with Gasteiger partial charge in [0.25, 0.3) is 0 Å². The smallest absolute Gasteiger partial charge is 0.422 e. The number of halogens is 3. The summed E-state index contributed by atoms with van der Waals surface area (Å²) in [5, 5.41) is 6.34. The molecule has 1 rings (SSSR count). The molecule has 5 nitrogen and oxygen atoms in total. The lowest BCUT2D eigenvalue weighted by Crippen LogP contribution is -2.37. The Bertz CT molecular complexity index is 475. The van der Waals surface area contributed by atoms with Gasteiger partial charge in [0.05, 0.1) is 6.54 Å². The van der Waals surface area contributed by atoms with Gasteiger partial charge in [-0.05, 0) is 18.9 Å². The first-order valence-corrected chi connectivity index (χ1v) is 7.61. The van der Waals surface area contributed by atoms with Crippen molar-refractivity contribution in [3.63, 3.8) is 0 Å². The normalized spacial score (nSPS) is 12.1. The number of rotatable bonds is 8. The van der Waals surface area contributed by atoms with E-state index in [0.717, 1.165) is 31.5 Å². The highest BCUT2D eigenvalue weighted by atomic mass is 19.4. The number of guanidine groups is 1. The highest BCUT2D eigenvalue weighted by Gasteiger charge is 2.28. The van der Waals surface area contributed by atoms with Gasteiger partial charge in [0.1, 0.15) is 0 Å². The second kappa shape index (κ2) is 9.91. The number of aromatic nitrogens is 1. The second-order valence-electron chi connectivity index (χ2n) is 4.88. The van der Waals surface area contributed by atoms with Gasteiger partial charge in [0.15, 0.2) is 12.6 Å². The molecule has 0 spiro atoms. The molecule has 0 radical (unpaired) electrons. The zero-order chi connectivity index (χ0) is 17.1. The summed E-state index contributed by atoms with van der Waals surface area (Å²) in [5.74, 6) is 0.654. The topological polar surface area (TPSA) is 58.5 Å². The van der Waals surface area contributed by atoms with Gasteiger partial charge in [-0.15, -0.1) is 0 Å². The number of unbranched alkanes of at least 4 members (excludes halogenated alkanes) is 1. The van der Waals surface area contributed by atoms with Crippen molar-refractivity contribution < 1.29 is 17.9 Å². The van der Waals surface area contributed by atoms with Crippen LogP contribution in [0, 0.1) is 0 Å². The Morgan fingerprint density at radius 2 is 2.04 bits per heavy atom. The molecule has 0 amide bonds. The Labute approximate surface area is 134 Å². The van der Waals surface area contributed by atoms with Gasteiger partial charge in [-0.1, -0.05) is 19.4 Å². The fourth-order valence-corrected chi connectivity index (χ4v) is 1.64. The van der Waals surface area contributed by atoms with Crippen LogP contribution in [-0.2, 0) is 6.54 Å². The molecule has 0 saturated carbocycles. The van der Waals surface area contributed by atoms with E-state index in [1.165, 1.54) is 12.3 Å². The maximum absolute atomic E-state index is 12.0. The summed E-state index contributed by atoms with van der Waals surface area (Å²) in [6, 6.07) is 3.06. The van der Waals surface area contributed by atoms with Crippen LogP contribution in [0.1, 0.15) is 32.3 Å². The van der Waals surface area contributed by atoms with Crippen LogP contribution in [-0.4, -0.2) is 36.8 Å². The monoisotopic (exact) mass is 332 g/mol. The van der Waals surface area contributed by atoms with Gasteiger partial charge >= 0.3 is 6.18 Å². The molecule has 23 heavy (non-hydrogen) atoms. The Hall–Kier alpha value is -1.99. The molecule has 8 heteroatoms. The van der Waals surface area contributed by atoms with Crippen LogP contribution < -0.4 is 15.4 Å². The number of aliphatic imine (C=N–C) groups is 1. The van der Waals surface area contributed by atoms with Crippen LogP contribution in [0.15, 0.2) is 23.3 Å². The zero-order valence-electron chi connectivity index (χ0n) is 13.4. The predicted octanol–water partition coefficient (Wildman–Crippen LogP) is 2.88. The Balaban J connectivity index is 2.53. The fourth-order valence-electron chi connectivity index (χ4n) is 1.64. The van der Waals surface area contributed by atoms with Gasteiger partial charge in [0, 0.05) is 25.4 Å². The molecule has 0 fully saturated rings. The number of hydrogen-bond acceptors (Lipinski definition) is 3. The molecular formula is C15H23F3N4O. The average molecular weight is 332 g/mol. The van der Waals surface area contributed by atoms with E-state index < -0.39 is 12.8 Å². The zero-order valence-corrected chi connectivity index (χ0v) is 13.4. The molecule has 1 heterocycles. The van der Waals surface area contributed by atoms with Crippen molar-refractivity contribution in [1.82, 2.24) is 15.6 Å². The molecular weight excluding hydrogens is 309 g/mol. The summed E-state index contributed by atoms with van der Waals surface area (Å²) >= 11 is 0. The highest BCUT2D eigenvalue weighted by molar-refractivity contribution is 5.79. The molecule has 1 aromatic heterocycles. The quantitative estimate of drug-likeness (QED) is 0.437. The molecule has 0 unspecified atom stereocenters. The van der Waals surface area contributed by atoms with Crippen LogP contribution in [0.25, 0.3) is 0 Å². The number of pyridine rings is 1. The lowest BCUT2D eigenvalue weighted by Gasteiger charge is -2.11. The summed E-state index contributed by atoms with van der Waals surface area (Å²) in [4.78, 5) is 8.25. The molecule has 0 atom stereocenters.